The number of aromatic nitrogens is 2. The Hall–Kier alpha value is -1.75. The van der Waals surface area contributed by atoms with Gasteiger partial charge in [-0.05, 0) is 13.8 Å². The van der Waals surface area contributed by atoms with Crippen molar-refractivity contribution in [3.63, 3.8) is 0 Å². The van der Waals surface area contributed by atoms with E-state index in [1.165, 1.54) is 0 Å². The van der Waals surface area contributed by atoms with Crippen LogP contribution >= 0.6 is 0 Å². The first-order valence-corrected chi connectivity index (χ1v) is 6.58. The SMILES string of the molecule is CC(C)(N)Cc1nc2cc3c(cc2[nH]1)OCCCO3. The van der Waals surface area contributed by atoms with E-state index in [9.17, 15) is 0 Å². The zero-order valence-electron chi connectivity index (χ0n) is 11.3. The van der Waals surface area contributed by atoms with Gasteiger partial charge in [0.2, 0.25) is 0 Å². The molecular formula is C14H19N3O2. The molecule has 5 heteroatoms. The van der Waals surface area contributed by atoms with Crippen molar-refractivity contribution in [3.8, 4) is 11.5 Å². The number of benzene rings is 1. The van der Waals surface area contributed by atoms with Gasteiger partial charge in [-0.2, -0.15) is 0 Å². The fourth-order valence-electron chi connectivity index (χ4n) is 2.23. The molecule has 19 heavy (non-hydrogen) atoms. The topological polar surface area (TPSA) is 73.2 Å². The van der Waals surface area contributed by atoms with Gasteiger partial charge < -0.3 is 20.2 Å². The Morgan fingerprint density at radius 3 is 2.63 bits per heavy atom. The van der Waals surface area contributed by atoms with Crippen LogP contribution in [-0.2, 0) is 6.42 Å². The highest BCUT2D eigenvalue weighted by Gasteiger charge is 2.17. The number of ether oxygens (including phenoxy) is 2. The summed E-state index contributed by atoms with van der Waals surface area (Å²) in [5, 5.41) is 0. The maximum absolute atomic E-state index is 6.02. The van der Waals surface area contributed by atoms with E-state index in [1.54, 1.807) is 0 Å². The summed E-state index contributed by atoms with van der Waals surface area (Å²) >= 11 is 0. The number of H-pyrrole nitrogens is 1. The van der Waals surface area contributed by atoms with Crippen molar-refractivity contribution in [3.05, 3.63) is 18.0 Å². The van der Waals surface area contributed by atoms with Crippen molar-refractivity contribution in [2.45, 2.75) is 32.2 Å². The second kappa shape index (κ2) is 4.42. The Kier molecular flexibility index (Phi) is 2.86. The fourth-order valence-corrected chi connectivity index (χ4v) is 2.23. The quantitative estimate of drug-likeness (QED) is 0.867. The smallest absolute Gasteiger partial charge is 0.163 e. The number of fused-ring (bicyclic) bond motifs is 2. The van der Waals surface area contributed by atoms with E-state index < -0.39 is 0 Å². The van der Waals surface area contributed by atoms with Crippen molar-refractivity contribution in [1.29, 1.82) is 0 Å². The van der Waals surface area contributed by atoms with Crippen LogP contribution in [-0.4, -0.2) is 28.7 Å². The summed E-state index contributed by atoms with van der Waals surface area (Å²) in [6, 6.07) is 3.88. The number of hydrogen-bond acceptors (Lipinski definition) is 4. The molecule has 3 rings (SSSR count). The minimum atomic E-state index is -0.280. The molecule has 0 amide bonds. The van der Waals surface area contributed by atoms with Crippen LogP contribution in [0.15, 0.2) is 12.1 Å². The van der Waals surface area contributed by atoms with E-state index >= 15 is 0 Å². The second-order valence-corrected chi connectivity index (χ2v) is 5.72. The number of rotatable bonds is 2. The lowest BCUT2D eigenvalue weighted by molar-refractivity contribution is 0.297. The normalized spacial score (nSPS) is 15.5. The van der Waals surface area contributed by atoms with Gasteiger partial charge in [-0.3, -0.25) is 0 Å². The van der Waals surface area contributed by atoms with Gasteiger partial charge in [0.1, 0.15) is 5.82 Å². The number of imidazole rings is 1. The third-order valence-electron chi connectivity index (χ3n) is 3.02. The number of aromatic amines is 1. The summed E-state index contributed by atoms with van der Waals surface area (Å²) in [4.78, 5) is 7.86. The summed E-state index contributed by atoms with van der Waals surface area (Å²) in [5.41, 5.74) is 7.60. The van der Waals surface area contributed by atoms with Crippen molar-refractivity contribution in [2.24, 2.45) is 5.73 Å². The molecule has 0 unspecified atom stereocenters. The van der Waals surface area contributed by atoms with E-state index in [0.717, 1.165) is 34.8 Å². The Labute approximate surface area is 112 Å². The van der Waals surface area contributed by atoms with Crippen LogP contribution in [0.5, 0.6) is 11.5 Å². The first-order chi connectivity index (χ1) is 9.01. The Bertz CT molecular complexity index is 555. The minimum Gasteiger partial charge on any atom is -0.489 e. The van der Waals surface area contributed by atoms with Crippen LogP contribution in [0, 0.1) is 0 Å². The maximum atomic E-state index is 6.02. The molecular weight excluding hydrogens is 242 g/mol. The first kappa shape index (κ1) is 12.3. The standard InChI is InChI=1S/C14H19N3O2/c1-14(2,15)8-13-16-9-6-11-12(7-10(9)17-13)19-5-3-4-18-11/h6-7H,3-5,8,15H2,1-2H3,(H,16,17). The van der Waals surface area contributed by atoms with Crippen LogP contribution in [0.3, 0.4) is 0 Å². The Balaban J connectivity index is 1.99. The molecule has 0 radical (unpaired) electrons. The number of hydrogen-bond donors (Lipinski definition) is 2. The van der Waals surface area contributed by atoms with Crippen LogP contribution in [0.2, 0.25) is 0 Å². The molecule has 3 N–H and O–H groups in total. The van der Waals surface area contributed by atoms with E-state index in [2.05, 4.69) is 9.97 Å². The molecule has 1 aromatic heterocycles. The highest BCUT2D eigenvalue weighted by molar-refractivity contribution is 5.79. The summed E-state index contributed by atoms with van der Waals surface area (Å²) in [5.74, 6) is 2.45. The molecule has 1 aliphatic rings. The monoisotopic (exact) mass is 261 g/mol. The van der Waals surface area contributed by atoms with Gasteiger partial charge in [0.05, 0.1) is 24.2 Å². The fraction of sp³-hybridized carbons (Fsp3) is 0.500. The minimum absolute atomic E-state index is 0.280. The molecule has 0 atom stereocenters. The van der Waals surface area contributed by atoms with Gasteiger partial charge in [-0.1, -0.05) is 0 Å². The summed E-state index contributed by atoms with van der Waals surface area (Å²) in [7, 11) is 0. The number of nitrogens with one attached hydrogen (secondary N) is 1. The highest BCUT2D eigenvalue weighted by Crippen LogP contribution is 2.33. The molecule has 1 aromatic carbocycles. The van der Waals surface area contributed by atoms with Gasteiger partial charge in [0.25, 0.3) is 0 Å². The largest absolute Gasteiger partial charge is 0.489 e. The zero-order chi connectivity index (χ0) is 13.5. The number of nitrogens with zero attached hydrogens (tertiary/aromatic N) is 1. The van der Waals surface area contributed by atoms with Crippen molar-refractivity contribution in [1.82, 2.24) is 9.97 Å². The molecule has 0 saturated carbocycles. The molecule has 0 saturated heterocycles. The van der Waals surface area contributed by atoms with Crippen LogP contribution in [0.4, 0.5) is 0 Å². The van der Waals surface area contributed by atoms with Gasteiger partial charge in [-0.15, -0.1) is 0 Å². The van der Waals surface area contributed by atoms with Crippen molar-refractivity contribution >= 4 is 11.0 Å². The predicted octanol–water partition coefficient (Wildman–Crippen LogP) is 2.00. The van der Waals surface area contributed by atoms with Gasteiger partial charge in [-0.25, -0.2) is 4.98 Å². The highest BCUT2D eigenvalue weighted by atomic mass is 16.5. The first-order valence-electron chi connectivity index (χ1n) is 6.58. The molecule has 0 fully saturated rings. The lowest BCUT2D eigenvalue weighted by Gasteiger charge is -2.15. The van der Waals surface area contributed by atoms with Crippen LogP contribution in [0.25, 0.3) is 11.0 Å². The molecule has 102 valence electrons. The van der Waals surface area contributed by atoms with E-state index in [1.807, 2.05) is 26.0 Å². The third-order valence-corrected chi connectivity index (χ3v) is 3.02. The molecule has 0 bridgehead atoms. The van der Waals surface area contributed by atoms with Crippen molar-refractivity contribution < 1.29 is 9.47 Å². The lowest BCUT2D eigenvalue weighted by Crippen LogP contribution is -2.34. The van der Waals surface area contributed by atoms with E-state index in [0.29, 0.717) is 19.6 Å². The van der Waals surface area contributed by atoms with E-state index in [-0.39, 0.29) is 5.54 Å². The number of nitrogens with two attached hydrogens (primary N) is 1. The van der Waals surface area contributed by atoms with Gasteiger partial charge >= 0.3 is 0 Å². The molecule has 1 aliphatic heterocycles. The maximum Gasteiger partial charge on any atom is 0.163 e. The summed E-state index contributed by atoms with van der Waals surface area (Å²) < 4.78 is 11.3. The molecule has 2 heterocycles. The predicted molar refractivity (Wildman–Crippen MR) is 73.7 cm³/mol. The third kappa shape index (κ3) is 2.66. The Morgan fingerprint density at radius 1 is 1.26 bits per heavy atom. The van der Waals surface area contributed by atoms with Gasteiger partial charge in [0.15, 0.2) is 11.5 Å². The molecule has 5 nitrogen and oxygen atoms in total. The van der Waals surface area contributed by atoms with Crippen molar-refractivity contribution in [2.75, 3.05) is 13.2 Å². The second-order valence-electron chi connectivity index (χ2n) is 5.72. The van der Waals surface area contributed by atoms with Crippen LogP contribution < -0.4 is 15.2 Å². The summed E-state index contributed by atoms with van der Waals surface area (Å²) in [6.45, 7) is 5.35. The molecule has 0 spiro atoms. The van der Waals surface area contributed by atoms with Gasteiger partial charge in [0, 0.05) is 30.5 Å². The average molecular weight is 261 g/mol. The van der Waals surface area contributed by atoms with Crippen LogP contribution in [0.1, 0.15) is 26.1 Å². The molecule has 2 aromatic rings. The zero-order valence-corrected chi connectivity index (χ0v) is 11.3. The van der Waals surface area contributed by atoms with E-state index in [4.69, 9.17) is 15.2 Å². The molecule has 0 aliphatic carbocycles. The average Bonchev–Trinajstić information content (AvgIpc) is 2.53. The lowest BCUT2D eigenvalue weighted by atomic mass is 10.0. The summed E-state index contributed by atoms with van der Waals surface area (Å²) in [6.07, 6.45) is 1.61. The Morgan fingerprint density at radius 2 is 1.95 bits per heavy atom.